The van der Waals surface area contributed by atoms with Crippen molar-refractivity contribution in [1.82, 2.24) is 5.32 Å². The lowest BCUT2D eigenvalue weighted by Crippen LogP contribution is -2.25. The van der Waals surface area contributed by atoms with Crippen LogP contribution in [0.25, 0.3) is 0 Å². The molecular weight excluding hydrogens is 311 g/mol. The van der Waals surface area contributed by atoms with Crippen LogP contribution < -0.4 is 10.6 Å². The first kappa shape index (κ1) is 18.8. The highest BCUT2D eigenvalue weighted by Gasteiger charge is 2.17. The van der Waals surface area contributed by atoms with Crippen molar-refractivity contribution in [2.24, 2.45) is 0 Å². The molecule has 5 nitrogen and oxygen atoms in total. The molecule has 1 aliphatic rings. The summed E-state index contributed by atoms with van der Waals surface area (Å²) in [5.41, 5.74) is 1.90. The Balaban J connectivity index is 0.00000242. The maximum Gasteiger partial charge on any atom is 0.226 e. The second-order valence-electron chi connectivity index (χ2n) is 4.89. The van der Waals surface area contributed by atoms with E-state index >= 15 is 0 Å². The number of carbonyl (C=O) groups excluding carboxylic acids is 1. The maximum absolute atomic E-state index is 14.3. The SMILES string of the molecule is COCCOCCC(=O)Nc1ccc2c(c1F)CCNC2.Cl. The number of hydrogen-bond donors (Lipinski definition) is 2. The number of ether oxygens (including phenoxy) is 2. The highest BCUT2D eigenvalue weighted by atomic mass is 35.5. The Kier molecular flexibility index (Phi) is 8.34. The van der Waals surface area contributed by atoms with Gasteiger partial charge in [0.1, 0.15) is 5.82 Å². The van der Waals surface area contributed by atoms with Crippen molar-refractivity contribution in [1.29, 1.82) is 0 Å². The van der Waals surface area contributed by atoms with Gasteiger partial charge >= 0.3 is 0 Å². The van der Waals surface area contributed by atoms with Crippen molar-refractivity contribution in [3.8, 4) is 0 Å². The Labute approximate surface area is 136 Å². The van der Waals surface area contributed by atoms with E-state index < -0.39 is 0 Å². The molecule has 2 N–H and O–H groups in total. The smallest absolute Gasteiger partial charge is 0.226 e. The van der Waals surface area contributed by atoms with Crippen molar-refractivity contribution in [2.75, 3.05) is 38.8 Å². The van der Waals surface area contributed by atoms with E-state index in [1.165, 1.54) is 0 Å². The third-order valence-corrected chi connectivity index (χ3v) is 3.39. The monoisotopic (exact) mass is 332 g/mol. The number of nitrogens with one attached hydrogen (secondary N) is 2. The van der Waals surface area contributed by atoms with Crippen LogP contribution in [0.3, 0.4) is 0 Å². The number of hydrogen-bond acceptors (Lipinski definition) is 4. The van der Waals surface area contributed by atoms with Gasteiger partial charge in [-0.15, -0.1) is 12.4 Å². The zero-order valence-corrected chi connectivity index (χ0v) is 13.4. The number of amides is 1. The minimum atomic E-state index is -0.317. The number of methoxy groups -OCH3 is 1. The van der Waals surface area contributed by atoms with Gasteiger partial charge in [-0.1, -0.05) is 6.07 Å². The third kappa shape index (κ3) is 5.21. The van der Waals surface area contributed by atoms with Gasteiger partial charge in [0, 0.05) is 13.7 Å². The first-order chi connectivity index (χ1) is 10.2. The molecular formula is C15H22ClFN2O3. The highest BCUT2D eigenvalue weighted by Crippen LogP contribution is 2.24. The molecule has 1 aromatic carbocycles. The fraction of sp³-hybridized carbons (Fsp3) is 0.533. The first-order valence-corrected chi connectivity index (χ1v) is 7.10. The normalized spacial score (nSPS) is 13.2. The van der Waals surface area contributed by atoms with Gasteiger partial charge in [0.05, 0.1) is 31.9 Å². The lowest BCUT2D eigenvalue weighted by Gasteiger charge is -2.19. The fourth-order valence-corrected chi connectivity index (χ4v) is 2.25. The molecule has 0 spiro atoms. The van der Waals surface area contributed by atoms with Crippen LogP contribution in [-0.2, 0) is 27.2 Å². The molecule has 1 amide bonds. The molecule has 0 atom stereocenters. The Morgan fingerprint density at radius 3 is 2.95 bits per heavy atom. The summed E-state index contributed by atoms with van der Waals surface area (Å²) in [7, 11) is 1.59. The van der Waals surface area contributed by atoms with Gasteiger partial charge in [-0.3, -0.25) is 4.79 Å². The summed E-state index contributed by atoms with van der Waals surface area (Å²) in [6, 6.07) is 3.47. The van der Waals surface area contributed by atoms with Crippen LogP contribution >= 0.6 is 12.4 Å². The largest absolute Gasteiger partial charge is 0.382 e. The molecule has 0 aliphatic carbocycles. The Morgan fingerprint density at radius 2 is 2.18 bits per heavy atom. The molecule has 0 saturated heterocycles. The highest BCUT2D eigenvalue weighted by molar-refractivity contribution is 5.91. The Hall–Kier alpha value is -1.21. The molecule has 1 heterocycles. The number of fused-ring (bicyclic) bond motifs is 1. The van der Waals surface area contributed by atoms with Crippen LogP contribution in [0, 0.1) is 5.82 Å². The molecule has 1 aliphatic heterocycles. The van der Waals surface area contributed by atoms with E-state index in [-0.39, 0.29) is 36.2 Å². The number of rotatable bonds is 7. The predicted octanol–water partition coefficient (Wildman–Crippen LogP) is 1.88. The van der Waals surface area contributed by atoms with Crippen LogP contribution in [0.15, 0.2) is 12.1 Å². The van der Waals surface area contributed by atoms with Crippen LogP contribution in [0.2, 0.25) is 0 Å². The minimum absolute atomic E-state index is 0. The third-order valence-electron chi connectivity index (χ3n) is 3.39. The molecule has 0 bridgehead atoms. The van der Waals surface area contributed by atoms with Gasteiger partial charge in [-0.05, 0) is 30.2 Å². The molecule has 2 rings (SSSR count). The molecule has 124 valence electrons. The summed E-state index contributed by atoms with van der Waals surface area (Å²) in [5.74, 6) is -0.567. The van der Waals surface area contributed by atoms with Crippen LogP contribution in [-0.4, -0.2) is 39.4 Å². The number of halogens is 2. The molecule has 0 unspecified atom stereocenters. The lowest BCUT2D eigenvalue weighted by atomic mass is 9.99. The average Bonchev–Trinajstić information content (AvgIpc) is 2.50. The standard InChI is InChI=1S/C15H21FN2O3.ClH/c1-20-8-9-21-7-5-14(19)18-13-3-2-11-10-17-6-4-12(11)15(13)16;/h2-3,17H,4-10H2,1H3,(H,18,19);1H. The van der Waals surface area contributed by atoms with Gasteiger partial charge in [0.2, 0.25) is 5.91 Å². The molecule has 7 heteroatoms. The number of benzene rings is 1. The van der Waals surface area contributed by atoms with E-state index in [1.807, 2.05) is 6.07 Å². The predicted molar refractivity (Wildman–Crippen MR) is 85.0 cm³/mol. The van der Waals surface area contributed by atoms with Crippen molar-refractivity contribution >= 4 is 24.0 Å². The quantitative estimate of drug-likeness (QED) is 0.749. The van der Waals surface area contributed by atoms with E-state index in [4.69, 9.17) is 9.47 Å². The van der Waals surface area contributed by atoms with Crippen LogP contribution in [0.4, 0.5) is 10.1 Å². The van der Waals surface area contributed by atoms with Crippen molar-refractivity contribution in [2.45, 2.75) is 19.4 Å². The molecule has 0 saturated carbocycles. The van der Waals surface area contributed by atoms with Crippen LogP contribution in [0.5, 0.6) is 0 Å². The number of anilines is 1. The second-order valence-corrected chi connectivity index (χ2v) is 4.89. The lowest BCUT2D eigenvalue weighted by molar-refractivity contribution is -0.117. The maximum atomic E-state index is 14.3. The number of carbonyl (C=O) groups is 1. The van der Waals surface area contributed by atoms with Gasteiger partial charge in [0.15, 0.2) is 0 Å². The van der Waals surface area contributed by atoms with Gasteiger partial charge in [-0.2, -0.15) is 0 Å². The molecule has 0 radical (unpaired) electrons. The summed E-state index contributed by atoms with van der Waals surface area (Å²) in [6.45, 7) is 2.67. The molecule has 1 aromatic rings. The zero-order chi connectivity index (χ0) is 15.1. The van der Waals surface area contributed by atoms with Gasteiger partial charge in [0.25, 0.3) is 0 Å². The van der Waals surface area contributed by atoms with Crippen LogP contribution in [0.1, 0.15) is 17.5 Å². The molecule has 0 fully saturated rings. The summed E-state index contributed by atoms with van der Waals surface area (Å²) in [5, 5.41) is 5.80. The summed E-state index contributed by atoms with van der Waals surface area (Å²) in [6.07, 6.45) is 0.840. The second kappa shape index (κ2) is 9.74. The van der Waals surface area contributed by atoms with E-state index in [0.29, 0.717) is 38.3 Å². The molecule has 22 heavy (non-hydrogen) atoms. The summed E-state index contributed by atoms with van der Waals surface area (Å²) >= 11 is 0. The Morgan fingerprint density at radius 1 is 1.36 bits per heavy atom. The van der Waals surface area contributed by atoms with E-state index in [9.17, 15) is 9.18 Å². The van der Waals surface area contributed by atoms with Gasteiger partial charge in [-0.25, -0.2) is 4.39 Å². The van der Waals surface area contributed by atoms with Gasteiger partial charge < -0.3 is 20.1 Å². The summed E-state index contributed by atoms with van der Waals surface area (Å²) in [4.78, 5) is 11.8. The fourth-order valence-electron chi connectivity index (χ4n) is 2.25. The topological polar surface area (TPSA) is 59.6 Å². The van der Waals surface area contributed by atoms with Crippen molar-refractivity contribution < 1.29 is 18.7 Å². The van der Waals surface area contributed by atoms with Crippen molar-refractivity contribution in [3.63, 3.8) is 0 Å². The Bertz CT molecular complexity index is 500. The zero-order valence-electron chi connectivity index (χ0n) is 12.6. The first-order valence-electron chi connectivity index (χ1n) is 7.10. The van der Waals surface area contributed by atoms with Crippen molar-refractivity contribution in [3.05, 3.63) is 29.1 Å². The average molecular weight is 333 g/mol. The van der Waals surface area contributed by atoms with E-state index in [1.54, 1.807) is 13.2 Å². The van der Waals surface area contributed by atoms with E-state index in [2.05, 4.69) is 10.6 Å². The minimum Gasteiger partial charge on any atom is -0.382 e. The molecule has 0 aromatic heterocycles. The van der Waals surface area contributed by atoms with E-state index in [0.717, 1.165) is 12.1 Å². The summed E-state index contributed by atoms with van der Waals surface area (Å²) < 4.78 is 24.4.